The summed E-state index contributed by atoms with van der Waals surface area (Å²) in [6.45, 7) is 6.13. The van der Waals surface area contributed by atoms with Crippen molar-refractivity contribution in [1.82, 2.24) is 0 Å². The van der Waals surface area contributed by atoms with Gasteiger partial charge in [0.1, 0.15) is 5.75 Å². The molecule has 0 aliphatic heterocycles. The third-order valence-electron chi connectivity index (χ3n) is 4.01. The second-order valence-electron chi connectivity index (χ2n) is 6.29. The number of benzene rings is 2. The van der Waals surface area contributed by atoms with Crippen molar-refractivity contribution in [3.8, 4) is 11.8 Å². The van der Waals surface area contributed by atoms with E-state index in [2.05, 4.69) is 11.4 Å². The molecule has 6 nitrogen and oxygen atoms in total. The van der Waals surface area contributed by atoms with Gasteiger partial charge in [-0.15, -0.1) is 11.8 Å². The number of amides is 2. The molecule has 0 fully saturated rings. The van der Waals surface area contributed by atoms with Gasteiger partial charge in [-0.1, -0.05) is 0 Å². The zero-order chi connectivity index (χ0) is 21.2. The highest BCUT2D eigenvalue weighted by Crippen LogP contribution is 2.28. The topological polar surface area (TPSA) is 82.4 Å². The Morgan fingerprint density at radius 3 is 2.38 bits per heavy atom. The van der Waals surface area contributed by atoms with E-state index < -0.39 is 0 Å². The molecule has 0 saturated heterocycles. The lowest BCUT2D eigenvalue weighted by molar-refractivity contribution is -0.118. The number of nitrogens with zero attached hydrogens (tertiary/aromatic N) is 2. The predicted octanol–water partition coefficient (Wildman–Crippen LogP) is 4.47. The van der Waals surface area contributed by atoms with Gasteiger partial charge in [-0.2, -0.15) is 5.26 Å². The average molecular weight is 412 g/mol. The van der Waals surface area contributed by atoms with Crippen LogP contribution in [-0.2, 0) is 9.59 Å². The molecule has 2 aromatic carbocycles. The molecule has 0 aromatic heterocycles. The molecular formula is C22H25N3O3S. The first-order valence-electron chi connectivity index (χ1n) is 9.40. The molecule has 0 spiro atoms. The van der Waals surface area contributed by atoms with E-state index in [-0.39, 0.29) is 23.5 Å². The molecule has 2 rings (SSSR count). The maximum Gasteiger partial charge on any atom is 0.240 e. The summed E-state index contributed by atoms with van der Waals surface area (Å²) in [6.07, 6.45) is 0.252. The number of carbonyl (C=O) groups excluding carboxylic acids is 2. The fraction of sp³-hybridized carbons (Fsp3) is 0.318. The Labute approximate surface area is 175 Å². The highest BCUT2D eigenvalue weighted by molar-refractivity contribution is 8.00. The molecule has 0 aliphatic rings. The van der Waals surface area contributed by atoms with E-state index >= 15 is 0 Å². The van der Waals surface area contributed by atoms with Gasteiger partial charge in [-0.05, 0) is 62.4 Å². The van der Waals surface area contributed by atoms with Crippen molar-refractivity contribution in [2.45, 2.75) is 37.3 Å². The lowest BCUT2D eigenvalue weighted by Gasteiger charge is -2.25. The van der Waals surface area contributed by atoms with E-state index in [0.29, 0.717) is 18.8 Å². The summed E-state index contributed by atoms with van der Waals surface area (Å²) in [5.74, 6) is 0.545. The van der Waals surface area contributed by atoms with Gasteiger partial charge in [0.05, 0.1) is 24.3 Å². The second kappa shape index (κ2) is 11.1. The van der Waals surface area contributed by atoms with Crippen LogP contribution < -0.4 is 15.0 Å². The van der Waals surface area contributed by atoms with Crippen molar-refractivity contribution in [2.24, 2.45) is 0 Å². The van der Waals surface area contributed by atoms with Crippen molar-refractivity contribution in [3.05, 3.63) is 48.5 Å². The molecular weight excluding hydrogens is 386 g/mol. The van der Waals surface area contributed by atoms with Crippen molar-refractivity contribution in [1.29, 1.82) is 5.26 Å². The van der Waals surface area contributed by atoms with Crippen LogP contribution in [0.4, 0.5) is 11.4 Å². The molecule has 2 aromatic rings. The first-order valence-corrected chi connectivity index (χ1v) is 10.3. The quantitative estimate of drug-likeness (QED) is 0.616. The minimum Gasteiger partial charge on any atom is -0.494 e. The number of ether oxygens (including phenoxy) is 1. The van der Waals surface area contributed by atoms with Crippen molar-refractivity contribution >= 4 is 35.0 Å². The molecule has 29 heavy (non-hydrogen) atoms. The zero-order valence-electron chi connectivity index (χ0n) is 16.8. The van der Waals surface area contributed by atoms with Crippen molar-refractivity contribution < 1.29 is 14.3 Å². The summed E-state index contributed by atoms with van der Waals surface area (Å²) in [5, 5.41) is 11.4. The van der Waals surface area contributed by atoms with Gasteiger partial charge < -0.3 is 15.0 Å². The van der Waals surface area contributed by atoms with Crippen LogP contribution in [0.5, 0.6) is 5.75 Å². The zero-order valence-corrected chi connectivity index (χ0v) is 17.7. The van der Waals surface area contributed by atoms with Crippen molar-refractivity contribution in [3.63, 3.8) is 0 Å². The number of carbonyl (C=O) groups is 2. The van der Waals surface area contributed by atoms with Crippen molar-refractivity contribution in [2.75, 3.05) is 23.4 Å². The van der Waals surface area contributed by atoms with E-state index in [1.165, 1.54) is 18.7 Å². The Hall–Kier alpha value is -2.98. The molecule has 1 N–H and O–H groups in total. The Morgan fingerprint density at radius 2 is 1.83 bits per heavy atom. The molecule has 0 bridgehead atoms. The van der Waals surface area contributed by atoms with Gasteiger partial charge in [0.15, 0.2) is 0 Å². The van der Waals surface area contributed by atoms with Crippen LogP contribution in [-0.4, -0.2) is 30.2 Å². The van der Waals surface area contributed by atoms with E-state index in [4.69, 9.17) is 10.00 Å². The summed E-state index contributed by atoms with van der Waals surface area (Å²) in [5.41, 5.74) is 1.45. The molecule has 7 heteroatoms. The minimum absolute atomic E-state index is 0.0691. The number of thioether (sulfide) groups is 1. The molecule has 0 aliphatic carbocycles. The number of rotatable bonds is 9. The molecule has 0 heterocycles. The largest absolute Gasteiger partial charge is 0.494 e. The highest BCUT2D eigenvalue weighted by atomic mass is 32.2. The van der Waals surface area contributed by atoms with E-state index in [1.807, 2.05) is 50.2 Å². The van der Waals surface area contributed by atoms with E-state index in [9.17, 15) is 9.59 Å². The maximum atomic E-state index is 13.1. The van der Waals surface area contributed by atoms with E-state index in [1.54, 1.807) is 17.0 Å². The number of nitrogens with one attached hydrogen (secondary N) is 1. The van der Waals surface area contributed by atoms with Crippen LogP contribution in [0.1, 0.15) is 27.2 Å². The summed E-state index contributed by atoms with van der Waals surface area (Å²) in [4.78, 5) is 26.8. The molecule has 0 saturated carbocycles. The SMILES string of the molecule is CCOc1ccc(N(CCC#N)C(=O)C(C)Sc2ccc(NC(C)=O)cc2)cc1. The second-order valence-corrected chi connectivity index (χ2v) is 7.70. The first-order chi connectivity index (χ1) is 13.9. The Kier molecular flexibility index (Phi) is 8.56. The fourth-order valence-electron chi connectivity index (χ4n) is 2.71. The van der Waals surface area contributed by atoms with Gasteiger partial charge in [0.25, 0.3) is 0 Å². The Balaban J connectivity index is 2.11. The van der Waals surface area contributed by atoms with Gasteiger partial charge in [0, 0.05) is 29.7 Å². The molecule has 0 radical (unpaired) electrons. The lowest BCUT2D eigenvalue weighted by atomic mass is 10.2. The molecule has 152 valence electrons. The maximum absolute atomic E-state index is 13.1. The summed E-state index contributed by atoms with van der Waals surface area (Å²) >= 11 is 1.44. The fourth-order valence-corrected chi connectivity index (χ4v) is 3.64. The standard InChI is InChI=1S/C22H25N3O3S/c1-4-28-20-10-8-19(9-11-20)25(15-5-14-23)22(27)16(2)29-21-12-6-18(7-13-21)24-17(3)26/h6-13,16H,4-5,15H2,1-3H3,(H,24,26). The van der Waals surface area contributed by atoms with Crippen LogP contribution in [0.2, 0.25) is 0 Å². The smallest absolute Gasteiger partial charge is 0.240 e. The lowest BCUT2D eigenvalue weighted by Crippen LogP contribution is -2.37. The predicted molar refractivity (Wildman–Crippen MR) is 116 cm³/mol. The normalized spacial score (nSPS) is 11.2. The summed E-state index contributed by atoms with van der Waals surface area (Å²) < 4.78 is 5.46. The third-order valence-corrected chi connectivity index (χ3v) is 5.11. The number of hydrogen-bond donors (Lipinski definition) is 1. The van der Waals surface area contributed by atoms with E-state index in [0.717, 1.165) is 16.3 Å². The minimum atomic E-state index is -0.341. The van der Waals surface area contributed by atoms with Crippen LogP contribution >= 0.6 is 11.8 Å². The van der Waals surface area contributed by atoms with Crippen LogP contribution in [0.3, 0.4) is 0 Å². The Bertz CT molecular complexity index is 860. The van der Waals surface area contributed by atoms with Crippen LogP contribution in [0, 0.1) is 11.3 Å². The molecule has 1 atom stereocenters. The van der Waals surface area contributed by atoms with Crippen LogP contribution in [0.15, 0.2) is 53.4 Å². The Morgan fingerprint density at radius 1 is 1.17 bits per heavy atom. The third kappa shape index (κ3) is 6.84. The number of nitriles is 1. The highest BCUT2D eigenvalue weighted by Gasteiger charge is 2.23. The monoisotopic (exact) mass is 411 g/mol. The summed E-state index contributed by atoms with van der Waals surface area (Å²) in [7, 11) is 0. The van der Waals surface area contributed by atoms with Crippen LogP contribution in [0.25, 0.3) is 0 Å². The average Bonchev–Trinajstić information content (AvgIpc) is 2.70. The molecule has 1 unspecified atom stereocenters. The van der Waals surface area contributed by atoms with Gasteiger partial charge in [-0.25, -0.2) is 0 Å². The first kappa shape index (κ1) is 22.3. The summed E-state index contributed by atoms with van der Waals surface area (Å²) in [6, 6.07) is 16.8. The number of anilines is 2. The van der Waals surface area contributed by atoms with Gasteiger partial charge in [0.2, 0.25) is 11.8 Å². The van der Waals surface area contributed by atoms with Gasteiger partial charge in [-0.3, -0.25) is 9.59 Å². The number of hydrogen-bond acceptors (Lipinski definition) is 5. The van der Waals surface area contributed by atoms with Gasteiger partial charge >= 0.3 is 0 Å². The molecule has 2 amide bonds.